The molecule has 0 unspecified atom stereocenters. The van der Waals surface area contributed by atoms with Gasteiger partial charge in [-0.1, -0.05) is 35.9 Å². The normalized spacial score (nSPS) is 22.1. The summed E-state index contributed by atoms with van der Waals surface area (Å²) in [6.45, 7) is 4.61. The van der Waals surface area contributed by atoms with Crippen molar-refractivity contribution in [2.45, 2.75) is 57.0 Å². The largest absolute Gasteiger partial charge is 0.462 e. The molecule has 2 heterocycles. The summed E-state index contributed by atoms with van der Waals surface area (Å²) in [7, 11) is 0. The van der Waals surface area contributed by atoms with Crippen LogP contribution in [0, 0.1) is 0 Å². The molecule has 0 atom stereocenters. The highest BCUT2D eigenvalue weighted by molar-refractivity contribution is 6.30. The van der Waals surface area contributed by atoms with Crippen LogP contribution in [0.4, 0.5) is 0 Å². The second kappa shape index (κ2) is 10.7. The first kappa shape index (κ1) is 24.9. The number of nitrogens with zero attached hydrogens (tertiary/aromatic N) is 3. The van der Waals surface area contributed by atoms with Crippen molar-refractivity contribution in [1.82, 2.24) is 14.9 Å². The van der Waals surface area contributed by atoms with Crippen molar-refractivity contribution >= 4 is 17.6 Å². The fourth-order valence-electron chi connectivity index (χ4n) is 5.89. The molecule has 1 fully saturated rings. The van der Waals surface area contributed by atoms with Gasteiger partial charge < -0.3 is 10.5 Å². The van der Waals surface area contributed by atoms with Crippen LogP contribution in [0.3, 0.4) is 0 Å². The molecule has 0 saturated heterocycles. The van der Waals surface area contributed by atoms with E-state index in [2.05, 4.69) is 27.0 Å². The van der Waals surface area contributed by atoms with Gasteiger partial charge >= 0.3 is 5.97 Å². The lowest BCUT2D eigenvalue weighted by Crippen LogP contribution is -2.47. The Kier molecular flexibility index (Phi) is 7.37. The zero-order chi connectivity index (χ0) is 25.1. The average molecular weight is 505 g/mol. The SMILES string of the molecule is CCOC(=O)c1cccc(-c2ncnc3c2CCN([C@H]2CC[C@](CN)(c4cccc(Cl)c4)CC2)C3)c1. The Balaban J connectivity index is 1.31. The standard InChI is InChI=1S/C29H33ClN4O2/c1-2-36-28(35)21-6-3-5-20(15-21)27-25-11-14-34(17-26(25)32-19-33-27)24-9-12-29(18-31,13-10-24)22-7-4-8-23(30)16-22/h3-8,15-16,19,24H,2,9-14,17-18,31H2,1H3/t24-,29-. The molecule has 1 aliphatic carbocycles. The van der Waals surface area contributed by atoms with Crippen molar-refractivity contribution in [3.05, 3.63) is 82.3 Å². The van der Waals surface area contributed by atoms with Gasteiger partial charge in [0.1, 0.15) is 6.33 Å². The fourth-order valence-corrected chi connectivity index (χ4v) is 6.08. The van der Waals surface area contributed by atoms with E-state index in [9.17, 15) is 4.79 Å². The number of benzene rings is 2. The van der Waals surface area contributed by atoms with Crippen LogP contribution in [0.15, 0.2) is 54.9 Å². The third-order valence-electron chi connectivity index (χ3n) is 7.94. The molecule has 6 nitrogen and oxygen atoms in total. The summed E-state index contributed by atoms with van der Waals surface area (Å²) < 4.78 is 5.18. The summed E-state index contributed by atoms with van der Waals surface area (Å²) >= 11 is 6.29. The maximum absolute atomic E-state index is 12.2. The Morgan fingerprint density at radius 2 is 1.97 bits per heavy atom. The van der Waals surface area contributed by atoms with Crippen LogP contribution in [0.25, 0.3) is 11.3 Å². The molecule has 7 heteroatoms. The number of fused-ring (bicyclic) bond motifs is 1. The summed E-state index contributed by atoms with van der Waals surface area (Å²) in [4.78, 5) is 24.1. The van der Waals surface area contributed by atoms with Crippen molar-refractivity contribution in [2.24, 2.45) is 5.73 Å². The lowest BCUT2D eigenvalue weighted by atomic mass is 9.68. The van der Waals surface area contributed by atoms with Crippen LogP contribution in [-0.4, -0.2) is 46.6 Å². The van der Waals surface area contributed by atoms with E-state index in [0.717, 1.165) is 67.2 Å². The zero-order valence-electron chi connectivity index (χ0n) is 20.8. The maximum Gasteiger partial charge on any atom is 0.338 e. The minimum Gasteiger partial charge on any atom is -0.462 e. The highest BCUT2D eigenvalue weighted by Gasteiger charge is 2.38. The smallest absolute Gasteiger partial charge is 0.338 e. The maximum atomic E-state index is 12.2. The Bertz CT molecular complexity index is 1240. The molecule has 1 aliphatic heterocycles. The molecule has 2 aromatic carbocycles. The molecule has 0 amide bonds. The zero-order valence-corrected chi connectivity index (χ0v) is 21.5. The molecule has 1 aromatic heterocycles. The summed E-state index contributed by atoms with van der Waals surface area (Å²) in [6, 6.07) is 16.3. The summed E-state index contributed by atoms with van der Waals surface area (Å²) in [5.41, 5.74) is 12.3. The first-order valence-electron chi connectivity index (χ1n) is 12.8. The van der Waals surface area contributed by atoms with E-state index in [1.807, 2.05) is 37.3 Å². The molecule has 1 saturated carbocycles. The summed E-state index contributed by atoms with van der Waals surface area (Å²) in [5.74, 6) is -0.308. The first-order valence-corrected chi connectivity index (χ1v) is 13.2. The number of aromatic nitrogens is 2. The topological polar surface area (TPSA) is 81.3 Å². The number of hydrogen-bond acceptors (Lipinski definition) is 6. The van der Waals surface area contributed by atoms with Gasteiger partial charge in [0.2, 0.25) is 0 Å². The molecule has 188 valence electrons. The Morgan fingerprint density at radius 1 is 1.17 bits per heavy atom. The lowest BCUT2D eigenvalue weighted by molar-refractivity contribution is 0.0526. The van der Waals surface area contributed by atoms with Crippen LogP contribution in [0.5, 0.6) is 0 Å². The molecule has 2 aliphatic rings. The lowest BCUT2D eigenvalue weighted by Gasteiger charge is -2.44. The molecular formula is C29H33ClN4O2. The van der Waals surface area contributed by atoms with Gasteiger partial charge in [-0.15, -0.1) is 0 Å². The van der Waals surface area contributed by atoms with Gasteiger partial charge in [-0.2, -0.15) is 0 Å². The highest BCUT2D eigenvalue weighted by atomic mass is 35.5. The van der Waals surface area contributed by atoms with Crippen LogP contribution in [0.2, 0.25) is 5.02 Å². The van der Waals surface area contributed by atoms with E-state index in [0.29, 0.717) is 24.8 Å². The molecule has 5 rings (SSSR count). The Labute approximate surface area is 217 Å². The molecule has 0 spiro atoms. The van der Waals surface area contributed by atoms with Gasteiger partial charge in [-0.05, 0) is 68.9 Å². The van der Waals surface area contributed by atoms with Gasteiger partial charge in [0.25, 0.3) is 0 Å². The number of carbonyl (C=O) groups excluding carboxylic acids is 1. The highest BCUT2D eigenvalue weighted by Crippen LogP contribution is 2.41. The van der Waals surface area contributed by atoms with E-state index in [1.54, 1.807) is 12.4 Å². The number of carbonyl (C=O) groups is 1. The van der Waals surface area contributed by atoms with Crippen LogP contribution >= 0.6 is 11.6 Å². The van der Waals surface area contributed by atoms with E-state index in [-0.39, 0.29) is 11.4 Å². The van der Waals surface area contributed by atoms with Gasteiger partial charge in [0, 0.05) is 47.2 Å². The molecular weight excluding hydrogens is 472 g/mol. The molecule has 36 heavy (non-hydrogen) atoms. The molecule has 0 bridgehead atoms. The number of nitrogens with two attached hydrogens (primary N) is 1. The quantitative estimate of drug-likeness (QED) is 0.466. The minimum atomic E-state index is -0.308. The van der Waals surface area contributed by atoms with Crippen LogP contribution in [-0.2, 0) is 23.1 Å². The average Bonchev–Trinajstić information content (AvgIpc) is 2.92. The van der Waals surface area contributed by atoms with E-state index in [4.69, 9.17) is 22.1 Å². The Hall–Kier alpha value is -2.80. The van der Waals surface area contributed by atoms with Gasteiger partial charge in [-0.25, -0.2) is 14.8 Å². The van der Waals surface area contributed by atoms with Crippen molar-refractivity contribution in [3.63, 3.8) is 0 Å². The van der Waals surface area contributed by atoms with Gasteiger partial charge in [0.15, 0.2) is 0 Å². The van der Waals surface area contributed by atoms with Crippen molar-refractivity contribution in [2.75, 3.05) is 19.7 Å². The van der Waals surface area contributed by atoms with Crippen molar-refractivity contribution < 1.29 is 9.53 Å². The monoisotopic (exact) mass is 504 g/mol. The predicted molar refractivity (Wildman–Crippen MR) is 142 cm³/mol. The first-order chi connectivity index (χ1) is 17.5. The number of hydrogen-bond donors (Lipinski definition) is 1. The second-order valence-corrected chi connectivity index (χ2v) is 10.3. The van der Waals surface area contributed by atoms with Crippen LogP contribution in [0.1, 0.15) is 59.8 Å². The minimum absolute atomic E-state index is 0.00831. The van der Waals surface area contributed by atoms with Crippen molar-refractivity contribution in [1.29, 1.82) is 0 Å². The number of halogens is 1. The third kappa shape index (κ3) is 4.90. The second-order valence-electron chi connectivity index (χ2n) is 9.90. The fraction of sp³-hybridized carbons (Fsp3) is 0.414. The molecule has 2 N–H and O–H groups in total. The summed E-state index contributed by atoms with van der Waals surface area (Å²) in [5, 5.41) is 0.776. The van der Waals surface area contributed by atoms with E-state index < -0.39 is 0 Å². The number of esters is 1. The van der Waals surface area contributed by atoms with E-state index >= 15 is 0 Å². The van der Waals surface area contributed by atoms with Crippen LogP contribution < -0.4 is 5.73 Å². The number of rotatable bonds is 6. The Morgan fingerprint density at radius 3 is 2.72 bits per heavy atom. The summed E-state index contributed by atoms with van der Waals surface area (Å²) in [6.07, 6.45) is 6.88. The van der Waals surface area contributed by atoms with E-state index in [1.165, 1.54) is 11.1 Å². The van der Waals surface area contributed by atoms with Gasteiger partial charge in [-0.3, -0.25) is 4.90 Å². The van der Waals surface area contributed by atoms with Gasteiger partial charge in [0.05, 0.1) is 23.6 Å². The number of ether oxygens (including phenoxy) is 1. The molecule has 3 aromatic rings. The molecule has 0 radical (unpaired) electrons. The third-order valence-corrected chi connectivity index (χ3v) is 8.18. The van der Waals surface area contributed by atoms with Crippen molar-refractivity contribution in [3.8, 4) is 11.3 Å². The predicted octanol–water partition coefficient (Wildman–Crippen LogP) is 5.17.